The molecule has 1 saturated heterocycles. The predicted molar refractivity (Wildman–Crippen MR) is 315 cm³/mol. The summed E-state index contributed by atoms with van der Waals surface area (Å²) in [4.78, 5) is 55.9. The largest absolute Gasteiger partial charge is 1.00 e. The van der Waals surface area contributed by atoms with Crippen LogP contribution in [0.2, 0.25) is 0 Å². The smallest absolute Gasteiger partial charge is 0.858 e. The number of hydrogen-bond acceptors (Lipinski definition) is 24. The van der Waals surface area contributed by atoms with E-state index in [-0.39, 0.29) is 249 Å². The van der Waals surface area contributed by atoms with Crippen molar-refractivity contribution in [1.29, 1.82) is 0 Å². The van der Waals surface area contributed by atoms with Gasteiger partial charge >= 0.3 is 189 Å². The number of aliphatic imine (C=N–C) groups is 2. The summed E-state index contributed by atoms with van der Waals surface area (Å²) in [6.45, 7) is 0.458. The van der Waals surface area contributed by atoms with Crippen LogP contribution in [0.4, 0.5) is 43.7 Å². The summed E-state index contributed by atoms with van der Waals surface area (Å²) < 4.78 is 211. The van der Waals surface area contributed by atoms with Crippen LogP contribution in [0, 0.1) is 0 Å². The van der Waals surface area contributed by atoms with Gasteiger partial charge in [0.15, 0.2) is 0 Å². The first kappa shape index (κ1) is 88.4. The summed E-state index contributed by atoms with van der Waals surface area (Å²) >= 11 is 0. The van der Waals surface area contributed by atoms with Crippen molar-refractivity contribution >= 4 is 152 Å². The molecular formula is C54H38N8Na6O24S6. The summed E-state index contributed by atoms with van der Waals surface area (Å²) in [6.07, 6.45) is 0. The van der Waals surface area contributed by atoms with E-state index in [9.17, 15) is 107 Å². The average Bonchev–Trinajstić information content (AvgIpc) is 0.755. The average molecular weight is 1510 g/mol. The van der Waals surface area contributed by atoms with Gasteiger partial charge in [0.1, 0.15) is 50.3 Å². The fraction of sp³-hybridized carbons (Fsp3) is 0.0741. The van der Waals surface area contributed by atoms with Gasteiger partial charge in [-0.25, -0.2) is 43.3 Å². The van der Waals surface area contributed by atoms with E-state index in [1.807, 2.05) is 0 Å². The van der Waals surface area contributed by atoms with E-state index in [0.29, 0.717) is 47.8 Å². The summed E-state index contributed by atoms with van der Waals surface area (Å²) in [5.74, 6) is -3.62. The molecule has 1 heterocycles. The maximum absolute atomic E-state index is 13.3. The summed E-state index contributed by atoms with van der Waals surface area (Å²) in [7, 11) is -32.3. The Bertz CT molecular complexity index is 4880. The molecule has 44 heteroatoms. The number of nitrogens with one attached hydrogen (secondary N) is 4. The second-order valence-electron chi connectivity index (χ2n) is 19.6. The zero-order valence-corrected chi connectivity index (χ0v) is 68.7. The molecule has 1 aliphatic rings. The molecule has 8 aromatic carbocycles. The molecule has 6 N–H and O–H groups in total. The number of amides is 6. The maximum Gasteiger partial charge on any atom is 1.00 e. The molecule has 0 radical (unpaired) electrons. The van der Waals surface area contributed by atoms with Crippen LogP contribution in [0.1, 0.15) is 31.8 Å². The Balaban J connectivity index is 0.00000417. The first-order chi connectivity index (χ1) is 42.8. The van der Waals surface area contributed by atoms with Crippen LogP contribution in [0.15, 0.2) is 185 Å². The molecule has 0 aliphatic carbocycles. The van der Waals surface area contributed by atoms with Crippen LogP contribution in [0.5, 0.6) is 0 Å². The number of fused-ring (bicyclic) bond motifs is 2. The van der Waals surface area contributed by atoms with Crippen LogP contribution < -0.4 is 209 Å². The van der Waals surface area contributed by atoms with Crippen LogP contribution in [0.3, 0.4) is 0 Å². The molecule has 0 saturated carbocycles. The Labute approximate surface area is 691 Å². The van der Waals surface area contributed by atoms with Crippen LogP contribution in [0.25, 0.3) is 21.5 Å². The molecule has 9 rings (SSSR count). The van der Waals surface area contributed by atoms with Gasteiger partial charge in [-0.3, -0.25) is 28.7 Å². The van der Waals surface area contributed by atoms with Crippen LogP contribution >= 0.6 is 0 Å². The fourth-order valence-electron chi connectivity index (χ4n) is 9.04. The van der Waals surface area contributed by atoms with Crippen LogP contribution in [-0.2, 0) is 60.7 Å². The number of hydrogen-bond donors (Lipinski definition) is 6. The molecule has 0 bridgehead atoms. The van der Waals surface area contributed by atoms with Gasteiger partial charge in [-0.1, -0.05) is 24.3 Å². The molecule has 1 fully saturated rings. The van der Waals surface area contributed by atoms with E-state index >= 15 is 0 Å². The Morgan fingerprint density at radius 3 is 0.837 bits per heavy atom. The number of rotatable bonds is 16. The zero-order chi connectivity index (χ0) is 67.2. The minimum Gasteiger partial charge on any atom is -0.858 e. The maximum atomic E-state index is 13.3. The van der Waals surface area contributed by atoms with Crippen molar-refractivity contribution in [1.82, 2.24) is 9.80 Å². The number of carbonyl (C=O) groups is 4. The SMILES string of the molecule is O=C(Nc1ccc(C([O-])=Nc2cc(S(=O)(=O)[O-])cc3cc(S(=O)(=O)[O-])cc(S(=O)(=O)O)c23)cc1)c1ccc(NC(=O)N2CCN(C(=O)Nc3ccc(C(=O)Nc4ccc(C([O-])=Nc5cc(S(=O)(=O)[O-])cc6cc(S(=O)(=O)[O-])cc(S(=O)(=O)O)c56)cc4)cc3)CC2)cc1.[Na+].[Na+].[Na+].[Na+].[Na+].[Na+]. The zero-order valence-electron chi connectivity index (χ0n) is 51.8. The minimum atomic E-state index is -5.42. The van der Waals surface area contributed by atoms with Gasteiger partial charge in [-0.2, -0.15) is 16.8 Å². The number of benzene rings is 8. The van der Waals surface area contributed by atoms with Gasteiger partial charge in [0.05, 0.1) is 31.0 Å². The number of nitrogens with zero attached hydrogens (tertiary/aromatic N) is 4. The first-order valence-electron chi connectivity index (χ1n) is 25.5. The second kappa shape index (κ2) is 35.1. The fourth-order valence-corrected chi connectivity index (χ4v) is 12.8. The Kier molecular flexibility index (Phi) is 31.6. The van der Waals surface area contributed by atoms with E-state index in [4.69, 9.17) is 0 Å². The number of urea groups is 2. The van der Waals surface area contributed by atoms with E-state index in [1.54, 1.807) is 0 Å². The molecule has 32 nitrogen and oxygen atoms in total. The van der Waals surface area contributed by atoms with E-state index in [2.05, 4.69) is 31.3 Å². The molecule has 0 aromatic heterocycles. The van der Waals surface area contributed by atoms with Crippen molar-refractivity contribution in [3.8, 4) is 0 Å². The van der Waals surface area contributed by atoms with E-state index in [0.717, 1.165) is 24.3 Å². The van der Waals surface area contributed by atoms with Crippen molar-refractivity contribution in [3.63, 3.8) is 0 Å². The third-order valence-corrected chi connectivity index (χ3v) is 18.5. The second-order valence-corrected chi connectivity index (χ2v) is 27.9. The van der Waals surface area contributed by atoms with Gasteiger partial charge in [0, 0.05) is 70.8 Å². The van der Waals surface area contributed by atoms with Crippen molar-refractivity contribution in [2.24, 2.45) is 9.98 Å². The molecule has 1 aliphatic heterocycles. The monoisotopic (exact) mass is 1510 g/mol. The normalized spacial score (nSPS) is 13.0. The molecule has 480 valence electrons. The molecule has 98 heavy (non-hydrogen) atoms. The number of piperazine rings is 1. The number of anilines is 4. The van der Waals surface area contributed by atoms with Gasteiger partial charge in [0.2, 0.25) is 0 Å². The summed E-state index contributed by atoms with van der Waals surface area (Å²) in [6, 6.07) is 23.7. The topological polar surface area (TPSA) is 531 Å². The standard InChI is InChI=1S/C54H44N8O24S6.6Na/c63-49(55-35-9-1-31(2-10-35)51(65)59-43-25-39(87(69,70)71)21-33-23-41(89(75,76)77)27-45(47(33)43)91(81,82)83)29-5-13-37(14-6-29)57-53(67)61-17-19-62(20-18-61)54(68)58-38-15-7-30(8-16-38)50(64)56-36-11-3-32(4-12-36)52(66)60-44-26-40(88(72,73)74)22-34-24-42(90(78,79)80)28-46(48(34)44)92(84,85)86;;;;;;/h1-16,21-28H,17-20H2,(H,55,63)(H,56,64)(H,57,67)(H,58,68)(H,59,65)(H,60,66)(H,69,70,71)(H,72,73,74)(H,75,76,77)(H,78,79,80)(H,81,82,83)(H,84,85,86);;;;;;/q;6*+1/p-6. The van der Waals surface area contributed by atoms with Crippen molar-refractivity contribution in [2.75, 3.05) is 47.4 Å². The first-order valence-corrected chi connectivity index (χ1v) is 34.0. The Morgan fingerprint density at radius 1 is 0.357 bits per heavy atom. The third-order valence-electron chi connectivity index (χ3n) is 13.5. The Morgan fingerprint density at radius 2 is 0.592 bits per heavy atom. The third kappa shape index (κ3) is 22.1. The van der Waals surface area contributed by atoms with Crippen molar-refractivity contribution in [3.05, 3.63) is 168 Å². The minimum absolute atomic E-state index is 0. The van der Waals surface area contributed by atoms with Gasteiger partial charge < -0.3 is 59.5 Å². The number of carbonyl (C=O) groups excluding carboxylic acids is 4. The van der Waals surface area contributed by atoms with Crippen LogP contribution in [-0.4, -0.2) is 149 Å². The van der Waals surface area contributed by atoms with Crippen molar-refractivity contribution in [2.45, 2.75) is 29.4 Å². The molecule has 8 aromatic rings. The Hall–Kier alpha value is -3.84. The van der Waals surface area contributed by atoms with Gasteiger partial charge in [0.25, 0.3) is 32.1 Å². The van der Waals surface area contributed by atoms with Crippen molar-refractivity contribution < 1.29 is 285 Å². The van der Waals surface area contributed by atoms with E-state index < -0.39 is 159 Å². The van der Waals surface area contributed by atoms with Gasteiger partial charge in [-0.05, 0) is 155 Å². The molecular weight excluding hydrogens is 1470 g/mol. The molecule has 0 unspecified atom stereocenters. The quantitative estimate of drug-likeness (QED) is 0.0226. The molecule has 0 atom stereocenters. The van der Waals surface area contributed by atoms with E-state index in [1.165, 1.54) is 82.6 Å². The molecule has 0 spiro atoms. The summed E-state index contributed by atoms with van der Waals surface area (Å²) in [5, 5.41) is 34.5. The summed E-state index contributed by atoms with van der Waals surface area (Å²) in [5.41, 5.74) is -0.970. The van der Waals surface area contributed by atoms with Gasteiger partial charge in [-0.15, -0.1) is 0 Å². The predicted octanol–water partition coefficient (Wildman–Crippen LogP) is -15.1. The molecule has 6 amide bonds.